The Morgan fingerprint density at radius 2 is 2.33 bits per heavy atom. The Bertz CT molecular complexity index is 235. The molecule has 2 unspecified atom stereocenters. The van der Waals surface area contributed by atoms with Crippen LogP contribution >= 0.6 is 11.8 Å². The number of nitrogens with one attached hydrogen (secondary N) is 1. The van der Waals surface area contributed by atoms with Crippen molar-refractivity contribution in [3.8, 4) is 0 Å². The lowest BCUT2D eigenvalue weighted by Crippen LogP contribution is -2.43. The Morgan fingerprint density at radius 3 is 2.80 bits per heavy atom. The number of amides is 1. The van der Waals surface area contributed by atoms with E-state index < -0.39 is 0 Å². The number of carbonyl (C=O) groups excluding carboxylic acids is 1. The molecule has 0 aromatic heterocycles. The van der Waals surface area contributed by atoms with Crippen molar-refractivity contribution >= 4 is 17.7 Å². The first-order valence-corrected chi connectivity index (χ1v) is 6.96. The summed E-state index contributed by atoms with van der Waals surface area (Å²) in [6, 6.07) is 0. The van der Waals surface area contributed by atoms with Crippen molar-refractivity contribution in [1.29, 1.82) is 0 Å². The molecule has 0 radical (unpaired) electrons. The molecule has 1 saturated heterocycles. The molecule has 3 nitrogen and oxygen atoms in total. The molecule has 1 N–H and O–H groups in total. The molecular weight excluding hydrogens is 208 g/mol. The normalized spacial score (nSPS) is 28.5. The number of carbonyl (C=O) groups is 1. The molecule has 1 aliphatic rings. The van der Waals surface area contributed by atoms with Gasteiger partial charge in [0.15, 0.2) is 0 Å². The number of rotatable bonds is 5. The molecular formula is C11H22N2OS. The van der Waals surface area contributed by atoms with E-state index in [0.717, 1.165) is 18.7 Å². The molecule has 1 amide bonds. The van der Waals surface area contributed by atoms with E-state index >= 15 is 0 Å². The number of nitrogens with zero attached hydrogens (tertiary/aromatic N) is 1. The van der Waals surface area contributed by atoms with Gasteiger partial charge in [-0.15, -0.1) is 0 Å². The lowest BCUT2D eigenvalue weighted by molar-refractivity contribution is -0.132. The standard InChI is InChI=1S/C11H22N2OS/c1-5-11(3)10(14)13(8-12-11)6-9(2)7-15-4/h9,12H,5-8H2,1-4H3. The van der Waals surface area contributed by atoms with Crippen molar-refractivity contribution in [1.82, 2.24) is 10.2 Å². The first-order chi connectivity index (χ1) is 7.03. The molecule has 0 spiro atoms. The zero-order valence-corrected chi connectivity index (χ0v) is 11.0. The molecule has 1 heterocycles. The lowest BCUT2D eigenvalue weighted by atomic mass is 9.99. The van der Waals surface area contributed by atoms with E-state index in [9.17, 15) is 4.79 Å². The van der Waals surface area contributed by atoms with Gasteiger partial charge in [0.25, 0.3) is 0 Å². The average molecular weight is 230 g/mol. The van der Waals surface area contributed by atoms with Gasteiger partial charge in [0.2, 0.25) is 5.91 Å². The largest absolute Gasteiger partial charge is 0.328 e. The topological polar surface area (TPSA) is 32.3 Å². The van der Waals surface area contributed by atoms with Gasteiger partial charge in [-0.05, 0) is 31.3 Å². The van der Waals surface area contributed by atoms with Crippen LogP contribution in [0.1, 0.15) is 27.2 Å². The monoisotopic (exact) mass is 230 g/mol. The average Bonchev–Trinajstić information content (AvgIpc) is 2.48. The van der Waals surface area contributed by atoms with E-state index in [4.69, 9.17) is 0 Å². The minimum absolute atomic E-state index is 0.262. The van der Waals surface area contributed by atoms with E-state index in [0.29, 0.717) is 12.6 Å². The summed E-state index contributed by atoms with van der Waals surface area (Å²) in [4.78, 5) is 14.0. The number of hydrogen-bond acceptors (Lipinski definition) is 3. The highest BCUT2D eigenvalue weighted by atomic mass is 32.2. The quantitative estimate of drug-likeness (QED) is 0.777. The molecule has 0 aromatic carbocycles. The van der Waals surface area contributed by atoms with Crippen molar-refractivity contribution in [3.05, 3.63) is 0 Å². The van der Waals surface area contributed by atoms with Gasteiger partial charge in [-0.3, -0.25) is 10.1 Å². The Balaban J connectivity index is 2.49. The van der Waals surface area contributed by atoms with E-state index in [-0.39, 0.29) is 11.4 Å². The molecule has 0 saturated carbocycles. The Kier molecular flexibility index (Phi) is 4.46. The highest BCUT2D eigenvalue weighted by molar-refractivity contribution is 7.98. The summed E-state index contributed by atoms with van der Waals surface area (Å²) in [7, 11) is 0. The Labute approximate surface area is 97.0 Å². The van der Waals surface area contributed by atoms with Crippen molar-refractivity contribution in [2.75, 3.05) is 25.2 Å². The zero-order chi connectivity index (χ0) is 11.5. The minimum atomic E-state index is -0.320. The van der Waals surface area contributed by atoms with Gasteiger partial charge in [0.1, 0.15) is 0 Å². The van der Waals surface area contributed by atoms with Crippen LogP contribution in [0.3, 0.4) is 0 Å². The summed E-state index contributed by atoms with van der Waals surface area (Å²) in [5.74, 6) is 1.95. The van der Waals surface area contributed by atoms with E-state index in [1.807, 2.05) is 23.6 Å². The summed E-state index contributed by atoms with van der Waals surface area (Å²) < 4.78 is 0. The fourth-order valence-corrected chi connectivity index (χ4v) is 2.58. The van der Waals surface area contributed by atoms with Crippen molar-refractivity contribution in [2.45, 2.75) is 32.7 Å². The van der Waals surface area contributed by atoms with Crippen LogP contribution in [0.5, 0.6) is 0 Å². The van der Waals surface area contributed by atoms with Gasteiger partial charge < -0.3 is 4.90 Å². The van der Waals surface area contributed by atoms with Gasteiger partial charge >= 0.3 is 0 Å². The molecule has 2 atom stereocenters. The van der Waals surface area contributed by atoms with Gasteiger partial charge in [-0.2, -0.15) is 11.8 Å². The second-order valence-corrected chi connectivity index (χ2v) is 5.52. The van der Waals surface area contributed by atoms with Crippen LogP contribution in [0.2, 0.25) is 0 Å². The second kappa shape index (κ2) is 5.21. The van der Waals surface area contributed by atoms with Crippen LogP contribution in [0.25, 0.3) is 0 Å². The molecule has 1 rings (SSSR count). The molecule has 1 fully saturated rings. The molecule has 1 aliphatic heterocycles. The zero-order valence-electron chi connectivity index (χ0n) is 10.2. The molecule has 4 heteroatoms. The smallest absolute Gasteiger partial charge is 0.243 e. The van der Waals surface area contributed by atoms with Crippen LogP contribution < -0.4 is 5.32 Å². The fourth-order valence-electron chi connectivity index (χ4n) is 1.90. The number of hydrogen-bond donors (Lipinski definition) is 1. The first-order valence-electron chi connectivity index (χ1n) is 5.57. The minimum Gasteiger partial charge on any atom is -0.328 e. The van der Waals surface area contributed by atoms with Crippen LogP contribution in [-0.2, 0) is 4.79 Å². The Morgan fingerprint density at radius 1 is 1.67 bits per heavy atom. The maximum atomic E-state index is 12.1. The summed E-state index contributed by atoms with van der Waals surface area (Å²) in [5, 5.41) is 3.30. The van der Waals surface area contributed by atoms with Crippen molar-refractivity contribution in [2.24, 2.45) is 5.92 Å². The van der Waals surface area contributed by atoms with E-state index in [1.54, 1.807) is 0 Å². The van der Waals surface area contributed by atoms with E-state index in [2.05, 4.69) is 25.4 Å². The first kappa shape index (κ1) is 12.8. The highest BCUT2D eigenvalue weighted by Crippen LogP contribution is 2.20. The molecule has 88 valence electrons. The van der Waals surface area contributed by atoms with Crippen molar-refractivity contribution in [3.63, 3.8) is 0 Å². The molecule has 0 aromatic rings. The Hall–Kier alpha value is -0.220. The second-order valence-electron chi connectivity index (χ2n) is 4.61. The maximum Gasteiger partial charge on any atom is 0.243 e. The van der Waals surface area contributed by atoms with Gasteiger partial charge in [0.05, 0.1) is 12.2 Å². The van der Waals surface area contributed by atoms with Crippen LogP contribution in [0.4, 0.5) is 0 Å². The third kappa shape index (κ3) is 2.88. The highest BCUT2D eigenvalue weighted by Gasteiger charge is 2.40. The molecule has 0 aliphatic carbocycles. The van der Waals surface area contributed by atoms with Crippen molar-refractivity contribution < 1.29 is 4.79 Å². The summed E-state index contributed by atoms with van der Waals surface area (Å²) in [6.07, 6.45) is 2.97. The summed E-state index contributed by atoms with van der Waals surface area (Å²) in [5.41, 5.74) is -0.320. The predicted molar refractivity (Wildman–Crippen MR) is 66.0 cm³/mol. The predicted octanol–water partition coefficient (Wildman–Crippen LogP) is 1.54. The summed E-state index contributed by atoms with van der Waals surface area (Å²) in [6.45, 7) is 7.84. The molecule has 0 bridgehead atoms. The third-order valence-electron chi connectivity index (χ3n) is 3.11. The maximum absolute atomic E-state index is 12.1. The van der Waals surface area contributed by atoms with Gasteiger partial charge in [0, 0.05) is 6.54 Å². The fraction of sp³-hybridized carbons (Fsp3) is 0.909. The summed E-state index contributed by atoms with van der Waals surface area (Å²) >= 11 is 1.84. The lowest BCUT2D eigenvalue weighted by Gasteiger charge is -2.23. The van der Waals surface area contributed by atoms with Crippen LogP contribution in [0, 0.1) is 5.92 Å². The van der Waals surface area contributed by atoms with Crippen LogP contribution in [-0.4, -0.2) is 41.6 Å². The SMILES string of the molecule is CCC1(C)NCN(CC(C)CSC)C1=O. The molecule has 15 heavy (non-hydrogen) atoms. The third-order valence-corrected chi connectivity index (χ3v) is 4.01. The van der Waals surface area contributed by atoms with Crippen LogP contribution in [0.15, 0.2) is 0 Å². The number of thioether (sulfide) groups is 1. The van der Waals surface area contributed by atoms with E-state index in [1.165, 1.54) is 0 Å². The van der Waals surface area contributed by atoms with Gasteiger partial charge in [-0.25, -0.2) is 0 Å². The van der Waals surface area contributed by atoms with Gasteiger partial charge in [-0.1, -0.05) is 13.8 Å².